The van der Waals surface area contributed by atoms with Crippen molar-refractivity contribution >= 4 is 0 Å². The molecule has 100 valence electrons. The quantitative estimate of drug-likeness (QED) is 0.865. The Labute approximate surface area is 109 Å². The molecule has 3 nitrogen and oxygen atoms in total. The lowest BCUT2D eigenvalue weighted by Crippen LogP contribution is -2.44. The Kier molecular flexibility index (Phi) is 2.60. The summed E-state index contributed by atoms with van der Waals surface area (Å²) in [6.45, 7) is 8.77. The highest BCUT2D eigenvalue weighted by molar-refractivity contribution is 5.16. The molecule has 2 aliphatic rings. The van der Waals surface area contributed by atoms with E-state index < -0.39 is 0 Å². The number of H-pyrrole nitrogens is 1. The van der Waals surface area contributed by atoms with Gasteiger partial charge in [0.05, 0.1) is 11.2 Å². The number of rotatable bonds is 2. The van der Waals surface area contributed by atoms with E-state index in [-0.39, 0.29) is 11.2 Å². The number of nitrogens with one attached hydrogen (secondary N) is 1. The highest BCUT2D eigenvalue weighted by Gasteiger charge is 2.40. The maximum Gasteiger partial charge on any atom is 0.109 e. The maximum atomic E-state index is 6.15. The smallest absolute Gasteiger partial charge is 0.109 e. The Morgan fingerprint density at radius 3 is 2.28 bits per heavy atom. The van der Waals surface area contributed by atoms with Crippen LogP contribution < -0.4 is 0 Å². The molecule has 0 atom stereocenters. The van der Waals surface area contributed by atoms with Crippen molar-refractivity contribution in [1.29, 1.82) is 0 Å². The van der Waals surface area contributed by atoms with Gasteiger partial charge in [-0.3, -0.25) is 0 Å². The van der Waals surface area contributed by atoms with Crippen LogP contribution in [0, 0.1) is 0 Å². The molecular formula is C15H24N2O. The molecule has 1 aliphatic heterocycles. The van der Waals surface area contributed by atoms with Crippen molar-refractivity contribution in [2.24, 2.45) is 0 Å². The number of aromatic nitrogens is 2. The minimum Gasteiger partial charge on any atom is -0.370 e. The van der Waals surface area contributed by atoms with Crippen LogP contribution in [0.25, 0.3) is 0 Å². The molecule has 0 bridgehead atoms. The van der Waals surface area contributed by atoms with E-state index in [1.165, 1.54) is 24.4 Å². The summed E-state index contributed by atoms with van der Waals surface area (Å²) in [4.78, 5) is 8.11. The standard InChI is InChI=1S/C15H24N2O/c1-14(2)7-11(8-15(3,4)18-14)12-9-16-13(17-12)10-5-6-10/h9-11H,5-8H2,1-4H3,(H,16,17). The van der Waals surface area contributed by atoms with Gasteiger partial charge in [0.25, 0.3) is 0 Å². The molecule has 1 aliphatic carbocycles. The first-order valence-electron chi connectivity index (χ1n) is 7.10. The minimum atomic E-state index is -0.0444. The summed E-state index contributed by atoms with van der Waals surface area (Å²) in [6.07, 6.45) is 6.80. The molecule has 1 N–H and O–H groups in total. The van der Waals surface area contributed by atoms with E-state index in [0.717, 1.165) is 12.8 Å². The number of imidazole rings is 1. The highest BCUT2D eigenvalue weighted by Crippen LogP contribution is 2.44. The number of hydrogen-bond acceptors (Lipinski definition) is 2. The Balaban J connectivity index is 1.81. The lowest BCUT2D eigenvalue weighted by molar-refractivity contribution is -0.162. The molecule has 3 rings (SSSR count). The molecule has 3 heteroatoms. The maximum absolute atomic E-state index is 6.15. The van der Waals surface area contributed by atoms with E-state index in [4.69, 9.17) is 4.74 Å². The second-order valence-corrected chi connectivity index (χ2v) is 7.22. The monoisotopic (exact) mass is 248 g/mol. The number of hydrogen-bond donors (Lipinski definition) is 1. The SMILES string of the molecule is CC1(C)CC(c2cnc(C3CC3)[nH]2)CC(C)(C)O1. The van der Waals surface area contributed by atoms with E-state index in [1.807, 2.05) is 0 Å². The van der Waals surface area contributed by atoms with Gasteiger partial charge in [0.15, 0.2) is 0 Å². The predicted molar refractivity (Wildman–Crippen MR) is 71.8 cm³/mol. The third-order valence-electron chi connectivity index (χ3n) is 4.05. The predicted octanol–water partition coefficient (Wildman–Crippen LogP) is 3.74. The van der Waals surface area contributed by atoms with Gasteiger partial charge in [-0.05, 0) is 53.4 Å². The van der Waals surface area contributed by atoms with Crippen molar-refractivity contribution in [1.82, 2.24) is 9.97 Å². The van der Waals surface area contributed by atoms with Gasteiger partial charge in [0.2, 0.25) is 0 Å². The summed E-state index contributed by atoms with van der Waals surface area (Å²) in [5.41, 5.74) is 1.22. The van der Waals surface area contributed by atoms with E-state index in [2.05, 4.69) is 43.9 Å². The molecule has 0 unspecified atom stereocenters. The highest BCUT2D eigenvalue weighted by atomic mass is 16.5. The van der Waals surface area contributed by atoms with Gasteiger partial charge in [-0.25, -0.2) is 4.98 Å². The molecular weight excluding hydrogens is 224 g/mol. The van der Waals surface area contributed by atoms with Crippen LogP contribution in [0.3, 0.4) is 0 Å². The first-order valence-corrected chi connectivity index (χ1v) is 7.10. The van der Waals surface area contributed by atoms with Crippen LogP contribution in [0.5, 0.6) is 0 Å². The van der Waals surface area contributed by atoms with Gasteiger partial charge in [0, 0.05) is 23.7 Å². The van der Waals surface area contributed by atoms with Gasteiger partial charge in [-0.15, -0.1) is 0 Å². The van der Waals surface area contributed by atoms with E-state index in [1.54, 1.807) is 0 Å². The van der Waals surface area contributed by atoms with Crippen molar-refractivity contribution in [3.8, 4) is 0 Å². The average molecular weight is 248 g/mol. The second-order valence-electron chi connectivity index (χ2n) is 7.22. The Morgan fingerprint density at radius 2 is 1.72 bits per heavy atom. The summed E-state index contributed by atoms with van der Waals surface area (Å²) >= 11 is 0. The number of aromatic amines is 1. The summed E-state index contributed by atoms with van der Waals surface area (Å²) in [5.74, 6) is 2.45. The topological polar surface area (TPSA) is 37.9 Å². The fraction of sp³-hybridized carbons (Fsp3) is 0.800. The lowest BCUT2D eigenvalue weighted by atomic mass is 9.79. The van der Waals surface area contributed by atoms with Crippen LogP contribution in [-0.2, 0) is 4.74 Å². The van der Waals surface area contributed by atoms with Crippen LogP contribution in [0.1, 0.15) is 76.7 Å². The molecule has 0 amide bonds. The molecule has 0 radical (unpaired) electrons. The van der Waals surface area contributed by atoms with Crippen LogP contribution >= 0.6 is 0 Å². The van der Waals surface area contributed by atoms with Crippen molar-refractivity contribution in [2.45, 2.75) is 76.4 Å². The Morgan fingerprint density at radius 1 is 1.11 bits per heavy atom. The van der Waals surface area contributed by atoms with Crippen LogP contribution in [0.15, 0.2) is 6.20 Å². The molecule has 1 saturated heterocycles. The second kappa shape index (κ2) is 3.83. The van der Waals surface area contributed by atoms with E-state index >= 15 is 0 Å². The van der Waals surface area contributed by atoms with E-state index in [0.29, 0.717) is 11.8 Å². The summed E-state index contributed by atoms with van der Waals surface area (Å²) in [6, 6.07) is 0. The molecule has 2 fully saturated rings. The summed E-state index contributed by atoms with van der Waals surface area (Å²) in [5, 5.41) is 0. The largest absolute Gasteiger partial charge is 0.370 e. The third kappa shape index (κ3) is 2.46. The zero-order chi connectivity index (χ0) is 13.0. The zero-order valence-electron chi connectivity index (χ0n) is 11.9. The van der Waals surface area contributed by atoms with Crippen molar-refractivity contribution < 1.29 is 4.74 Å². The van der Waals surface area contributed by atoms with Gasteiger partial charge in [-0.2, -0.15) is 0 Å². The summed E-state index contributed by atoms with van der Waals surface area (Å²) in [7, 11) is 0. The van der Waals surface area contributed by atoms with Crippen molar-refractivity contribution in [3.05, 3.63) is 17.7 Å². The van der Waals surface area contributed by atoms with Crippen molar-refractivity contribution in [2.75, 3.05) is 0 Å². The first kappa shape index (κ1) is 12.2. The van der Waals surface area contributed by atoms with Gasteiger partial charge >= 0.3 is 0 Å². The first-order chi connectivity index (χ1) is 8.35. The molecule has 1 aromatic rings. The Bertz CT molecular complexity index is 427. The molecule has 18 heavy (non-hydrogen) atoms. The number of ether oxygens (including phenoxy) is 1. The van der Waals surface area contributed by atoms with Gasteiger partial charge < -0.3 is 9.72 Å². The van der Waals surface area contributed by atoms with Crippen LogP contribution in [0.4, 0.5) is 0 Å². The van der Waals surface area contributed by atoms with Crippen LogP contribution in [0.2, 0.25) is 0 Å². The van der Waals surface area contributed by atoms with Crippen LogP contribution in [-0.4, -0.2) is 21.2 Å². The molecule has 1 saturated carbocycles. The summed E-state index contributed by atoms with van der Waals surface area (Å²) < 4.78 is 6.15. The normalized spacial score (nSPS) is 27.3. The number of nitrogens with zero attached hydrogens (tertiary/aromatic N) is 1. The molecule has 1 aromatic heterocycles. The van der Waals surface area contributed by atoms with E-state index in [9.17, 15) is 0 Å². The van der Waals surface area contributed by atoms with Gasteiger partial charge in [-0.1, -0.05) is 0 Å². The molecule has 0 spiro atoms. The molecule has 0 aromatic carbocycles. The van der Waals surface area contributed by atoms with Crippen molar-refractivity contribution in [3.63, 3.8) is 0 Å². The fourth-order valence-electron chi connectivity index (χ4n) is 3.43. The zero-order valence-corrected chi connectivity index (χ0v) is 11.9. The fourth-order valence-corrected chi connectivity index (χ4v) is 3.43. The minimum absolute atomic E-state index is 0.0444. The molecule has 2 heterocycles. The third-order valence-corrected chi connectivity index (χ3v) is 4.05. The Hall–Kier alpha value is -0.830. The average Bonchev–Trinajstić information content (AvgIpc) is 2.92. The lowest BCUT2D eigenvalue weighted by Gasteiger charge is -2.45. The van der Waals surface area contributed by atoms with Gasteiger partial charge in [0.1, 0.15) is 5.82 Å².